The van der Waals surface area contributed by atoms with Gasteiger partial charge in [-0.2, -0.15) is 0 Å². The Kier molecular flexibility index (Phi) is 5.75. The van der Waals surface area contributed by atoms with Crippen molar-refractivity contribution >= 4 is 16.7 Å². The van der Waals surface area contributed by atoms with E-state index in [0.29, 0.717) is 23.5 Å². The van der Waals surface area contributed by atoms with Crippen LogP contribution in [0.3, 0.4) is 0 Å². The molecular formula is C28H35NO. The lowest BCUT2D eigenvalue weighted by molar-refractivity contribution is -0.128. The van der Waals surface area contributed by atoms with E-state index in [1.165, 1.54) is 59.8 Å². The Hall–Kier alpha value is -2.35. The standard InChI is InChI=1S/C28H33NO.H2/c30-28(21-8-2-1-3-9-21)22-12-6-11-20(16-17-22)23-13-7-14-24(18-23)27-19-25-10-4-5-15-26(25)29-27;/h4-5,7,10,13-15,18-22,29H,1-3,6,8-9,11-12,16-17H2;1H. The number of aromatic amines is 1. The van der Waals surface area contributed by atoms with Gasteiger partial charge in [-0.05, 0) is 73.8 Å². The van der Waals surface area contributed by atoms with Crippen LogP contribution < -0.4 is 0 Å². The van der Waals surface area contributed by atoms with Gasteiger partial charge in [0.15, 0.2) is 0 Å². The van der Waals surface area contributed by atoms with Gasteiger partial charge in [0.05, 0.1) is 0 Å². The summed E-state index contributed by atoms with van der Waals surface area (Å²) in [6, 6.07) is 19.8. The van der Waals surface area contributed by atoms with Crippen LogP contribution in [0.5, 0.6) is 0 Å². The number of carbonyl (C=O) groups excluding carboxylic acids is 1. The zero-order valence-electron chi connectivity index (χ0n) is 17.9. The molecule has 1 aromatic heterocycles. The van der Waals surface area contributed by atoms with E-state index in [1.54, 1.807) is 0 Å². The van der Waals surface area contributed by atoms with E-state index in [1.807, 2.05) is 0 Å². The second kappa shape index (κ2) is 8.79. The molecule has 30 heavy (non-hydrogen) atoms. The van der Waals surface area contributed by atoms with Gasteiger partial charge in [0, 0.05) is 29.9 Å². The van der Waals surface area contributed by atoms with E-state index >= 15 is 0 Å². The minimum atomic E-state index is 0. The van der Waals surface area contributed by atoms with Crippen LogP contribution in [0.2, 0.25) is 0 Å². The summed E-state index contributed by atoms with van der Waals surface area (Å²) in [5.74, 6) is 1.86. The minimum Gasteiger partial charge on any atom is -0.355 e. The largest absolute Gasteiger partial charge is 0.355 e. The number of benzene rings is 2. The second-order valence-electron chi connectivity index (χ2n) is 9.54. The lowest BCUT2D eigenvalue weighted by atomic mass is 9.79. The Bertz CT molecular complexity index is 984. The van der Waals surface area contributed by atoms with Crippen molar-refractivity contribution in [1.29, 1.82) is 0 Å². The maximum Gasteiger partial charge on any atom is 0.139 e. The quantitative estimate of drug-likeness (QED) is 0.443. The Labute approximate surface area is 181 Å². The summed E-state index contributed by atoms with van der Waals surface area (Å²) in [5.41, 5.74) is 5.09. The maximum absolute atomic E-state index is 13.1. The van der Waals surface area contributed by atoms with Crippen molar-refractivity contribution in [2.24, 2.45) is 11.8 Å². The molecule has 0 amide bonds. The number of fused-ring (bicyclic) bond motifs is 1. The maximum atomic E-state index is 13.1. The van der Waals surface area contributed by atoms with Crippen molar-refractivity contribution in [3.63, 3.8) is 0 Å². The van der Waals surface area contributed by atoms with Crippen molar-refractivity contribution in [2.45, 2.75) is 70.1 Å². The summed E-state index contributed by atoms with van der Waals surface area (Å²) in [5, 5.41) is 1.26. The molecule has 2 unspecified atom stereocenters. The Balaban J connectivity index is 0.00000231. The van der Waals surface area contributed by atoms with E-state index in [4.69, 9.17) is 0 Å². The summed E-state index contributed by atoms with van der Waals surface area (Å²) in [6.45, 7) is 0. The van der Waals surface area contributed by atoms with Crippen LogP contribution in [0.4, 0.5) is 0 Å². The molecule has 0 bridgehead atoms. The van der Waals surface area contributed by atoms with Gasteiger partial charge < -0.3 is 4.98 Å². The van der Waals surface area contributed by atoms with E-state index in [9.17, 15) is 4.79 Å². The number of hydrogen-bond donors (Lipinski definition) is 1. The first-order chi connectivity index (χ1) is 14.8. The number of carbonyl (C=O) groups is 1. The first kappa shape index (κ1) is 19.6. The molecule has 2 heteroatoms. The number of nitrogens with one attached hydrogen (secondary N) is 1. The summed E-state index contributed by atoms with van der Waals surface area (Å²) < 4.78 is 0. The van der Waals surface area contributed by atoms with Crippen molar-refractivity contribution < 1.29 is 6.22 Å². The highest BCUT2D eigenvalue weighted by atomic mass is 16.1. The molecule has 2 saturated carbocycles. The van der Waals surface area contributed by atoms with E-state index in [2.05, 4.69) is 59.6 Å². The summed E-state index contributed by atoms with van der Waals surface area (Å²) >= 11 is 0. The third kappa shape index (κ3) is 4.10. The molecule has 0 aliphatic heterocycles. The van der Waals surface area contributed by atoms with Crippen LogP contribution in [0, 0.1) is 11.8 Å². The first-order valence-corrected chi connectivity index (χ1v) is 12.0. The molecular weight excluding hydrogens is 366 g/mol. The van der Waals surface area contributed by atoms with Gasteiger partial charge in [0.2, 0.25) is 0 Å². The predicted molar refractivity (Wildman–Crippen MR) is 127 cm³/mol. The topological polar surface area (TPSA) is 32.9 Å². The number of para-hydroxylation sites is 1. The summed E-state index contributed by atoms with van der Waals surface area (Å²) in [7, 11) is 0. The van der Waals surface area contributed by atoms with Gasteiger partial charge in [0.25, 0.3) is 0 Å². The van der Waals surface area contributed by atoms with Gasteiger partial charge in [-0.25, -0.2) is 0 Å². The Morgan fingerprint density at radius 1 is 0.767 bits per heavy atom. The van der Waals surface area contributed by atoms with Crippen LogP contribution >= 0.6 is 0 Å². The zero-order chi connectivity index (χ0) is 20.3. The van der Waals surface area contributed by atoms with Crippen molar-refractivity contribution in [2.75, 3.05) is 0 Å². The number of hydrogen-bond acceptors (Lipinski definition) is 1. The van der Waals surface area contributed by atoms with Crippen LogP contribution in [0.1, 0.15) is 77.1 Å². The molecule has 2 atom stereocenters. The minimum absolute atomic E-state index is 0. The Morgan fingerprint density at radius 2 is 1.57 bits per heavy atom. The number of Topliss-reactive ketones (excluding diaryl/α,β-unsaturated/α-hetero) is 1. The van der Waals surface area contributed by atoms with Gasteiger partial charge in [-0.1, -0.05) is 62.1 Å². The Morgan fingerprint density at radius 3 is 2.43 bits per heavy atom. The van der Waals surface area contributed by atoms with Crippen molar-refractivity contribution in [3.05, 3.63) is 60.2 Å². The molecule has 0 radical (unpaired) electrons. The lowest BCUT2D eigenvalue weighted by Gasteiger charge is -2.24. The summed E-state index contributed by atoms with van der Waals surface area (Å²) in [6.07, 6.45) is 11.9. The fraction of sp³-hybridized carbons (Fsp3) is 0.464. The molecule has 0 spiro atoms. The fourth-order valence-corrected chi connectivity index (χ4v) is 5.83. The van der Waals surface area contributed by atoms with Crippen LogP contribution in [-0.4, -0.2) is 10.8 Å². The van der Waals surface area contributed by atoms with E-state index < -0.39 is 0 Å². The monoisotopic (exact) mass is 401 g/mol. The van der Waals surface area contributed by atoms with E-state index in [-0.39, 0.29) is 1.43 Å². The van der Waals surface area contributed by atoms with Gasteiger partial charge >= 0.3 is 0 Å². The normalized spacial score (nSPS) is 23.3. The average Bonchev–Trinajstić information content (AvgIpc) is 3.09. The summed E-state index contributed by atoms with van der Waals surface area (Å²) in [4.78, 5) is 16.6. The second-order valence-corrected chi connectivity index (χ2v) is 9.54. The molecule has 1 heterocycles. The first-order valence-electron chi connectivity index (χ1n) is 12.0. The highest BCUT2D eigenvalue weighted by Crippen LogP contribution is 2.38. The average molecular weight is 402 g/mol. The number of H-pyrrole nitrogens is 1. The lowest BCUT2D eigenvalue weighted by Crippen LogP contribution is -2.25. The van der Waals surface area contributed by atoms with Gasteiger partial charge in [0.1, 0.15) is 5.78 Å². The van der Waals surface area contributed by atoms with Gasteiger partial charge in [-0.15, -0.1) is 0 Å². The fourth-order valence-electron chi connectivity index (χ4n) is 5.83. The third-order valence-electron chi connectivity index (χ3n) is 7.58. The van der Waals surface area contributed by atoms with Crippen molar-refractivity contribution in [1.82, 2.24) is 4.98 Å². The molecule has 2 nitrogen and oxygen atoms in total. The van der Waals surface area contributed by atoms with Crippen molar-refractivity contribution in [3.8, 4) is 11.3 Å². The molecule has 5 rings (SSSR count). The number of rotatable bonds is 4. The number of aromatic nitrogens is 1. The molecule has 158 valence electrons. The van der Waals surface area contributed by atoms with E-state index in [0.717, 1.165) is 32.1 Å². The zero-order valence-corrected chi connectivity index (χ0v) is 17.9. The molecule has 2 aromatic carbocycles. The van der Waals surface area contributed by atoms with Crippen LogP contribution in [-0.2, 0) is 4.79 Å². The highest BCUT2D eigenvalue weighted by Gasteiger charge is 2.30. The molecule has 2 aliphatic rings. The highest BCUT2D eigenvalue weighted by molar-refractivity contribution is 5.86. The molecule has 2 aliphatic carbocycles. The number of ketones is 1. The predicted octanol–water partition coefficient (Wildman–Crippen LogP) is 7.89. The SMILES string of the molecule is O=C(C1CCCCC1)C1CCCC(c2cccc(-c3cc4ccccc4[nH]3)c2)CC1.[HH]. The molecule has 1 N–H and O–H groups in total. The molecule has 2 fully saturated rings. The van der Waals surface area contributed by atoms with Gasteiger partial charge in [-0.3, -0.25) is 4.79 Å². The molecule has 0 saturated heterocycles. The smallest absolute Gasteiger partial charge is 0.139 e. The van der Waals surface area contributed by atoms with Crippen LogP contribution in [0.25, 0.3) is 22.2 Å². The van der Waals surface area contributed by atoms with Crippen LogP contribution in [0.15, 0.2) is 54.6 Å². The molecule has 3 aromatic rings. The third-order valence-corrected chi connectivity index (χ3v) is 7.58.